The average molecular weight is 607 g/mol. The molecule has 0 aliphatic heterocycles. The Hall–Kier alpha value is -3.27. The molecule has 0 unspecified atom stereocenters. The summed E-state index contributed by atoms with van der Waals surface area (Å²) in [5.41, 5.74) is 0.617. The zero-order chi connectivity index (χ0) is 29.4. The van der Waals surface area contributed by atoms with Gasteiger partial charge in [0, 0.05) is 28.2 Å². The highest BCUT2D eigenvalue weighted by molar-refractivity contribution is 7.92. The minimum absolute atomic E-state index is 0.00281. The number of rotatable bonds is 12. The predicted octanol–water partition coefficient (Wildman–Crippen LogP) is 5.53. The van der Waals surface area contributed by atoms with E-state index in [1.165, 1.54) is 24.1 Å². The van der Waals surface area contributed by atoms with E-state index in [1.54, 1.807) is 67.6 Å². The van der Waals surface area contributed by atoms with E-state index < -0.39 is 28.5 Å². The van der Waals surface area contributed by atoms with E-state index in [9.17, 15) is 18.0 Å². The summed E-state index contributed by atoms with van der Waals surface area (Å²) in [6.07, 6.45) is 0.694. The molecule has 214 valence electrons. The number of sulfonamides is 1. The van der Waals surface area contributed by atoms with Crippen LogP contribution in [0.1, 0.15) is 32.8 Å². The van der Waals surface area contributed by atoms with Crippen LogP contribution in [0.25, 0.3) is 0 Å². The van der Waals surface area contributed by atoms with Crippen LogP contribution in [0.2, 0.25) is 10.0 Å². The number of nitrogens with zero attached hydrogens (tertiary/aromatic N) is 2. The molecule has 0 aromatic heterocycles. The van der Waals surface area contributed by atoms with Gasteiger partial charge in [-0.3, -0.25) is 13.9 Å². The van der Waals surface area contributed by atoms with E-state index in [0.717, 1.165) is 4.31 Å². The summed E-state index contributed by atoms with van der Waals surface area (Å²) in [5, 5.41) is 3.52. The van der Waals surface area contributed by atoms with Gasteiger partial charge in [-0.1, -0.05) is 66.5 Å². The maximum absolute atomic E-state index is 14.0. The Morgan fingerprint density at radius 1 is 0.925 bits per heavy atom. The zero-order valence-corrected chi connectivity index (χ0v) is 25.1. The average Bonchev–Trinajstić information content (AvgIpc) is 2.95. The Morgan fingerprint density at radius 2 is 1.52 bits per heavy atom. The normalized spacial score (nSPS) is 12.8. The Morgan fingerprint density at radius 3 is 2.12 bits per heavy atom. The molecule has 0 aliphatic rings. The lowest BCUT2D eigenvalue weighted by molar-refractivity contribution is -0.139. The van der Waals surface area contributed by atoms with E-state index in [-0.39, 0.29) is 34.8 Å². The molecule has 0 aliphatic carbocycles. The van der Waals surface area contributed by atoms with Crippen LogP contribution in [0.15, 0.2) is 77.7 Å². The van der Waals surface area contributed by atoms with Crippen LogP contribution in [-0.4, -0.2) is 50.9 Å². The van der Waals surface area contributed by atoms with Gasteiger partial charge in [0.25, 0.3) is 10.0 Å². The number of methoxy groups -OCH3 is 1. The molecule has 40 heavy (non-hydrogen) atoms. The SMILES string of the molecule is CC[C@H](C)NC(=O)[C@H](C)N(Cc1c(Cl)cccc1Cl)C(=O)CN(c1ccccc1OC)S(=O)(=O)c1ccccc1. The van der Waals surface area contributed by atoms with E-state index >= 15 is 0 Å². The fourth-order valence-corrected chi connectivity index (χ4v) is 5.93. The highest BCUT2D eigenvalue weighted by atomic mass is 35.5. The van der Waals surface area contributed by atoms with E-state index in [1.807, 2.05) is 13.8 Å². The van der Waals surface area contributed by atoms with Gasteiger partial charge in [-0.2, -0.15) is 0 Å². The quantitative estimate of drug-likeness (QED) is 0.293. The summed E-state index contributed by atoms with van der Waals surface area (Å²) in [5.74, 6) is -0.757. The van der Waals surface area contributed by atoms with Crippen molar-refractivity contribution in [3.05, 3.63) is 88.4 Å². The summed E-state index contributed by atoms with van der Waals surface area (Å²) in [6, 6.07) is 18.2. The summed E-state index contributed by atoms with van der Waals surface area (Å²) < 4.78 is 34.2. The monoisotopic (exact) mass is 605 g/mol. The summed E-state index contributed by atoms with van der Waals surface area (Å²) in [7, 11) is -2.80. The third kappa shape index (κ3) is 7.27. The largest absolute Gasteiger partial charge is 0.495 e. The first kappa shape index (κ1) is 31.3. The standard InChI is InChI=1S/C29H33Cl2N3O5S/c1-5-20(2)32-29(36)21(3)33(18-23-24(30)14-11-15-25(23)31)28(35)19-34(26-16-9-10-17-27(26)39-4)40(37,38)22-12-7-6-8-13-22/h6-17,20-21H,5,18-19H2,1-4H3,(H,32,36)/t20-,21-/m0/s1. The number of ether oxygens (including phenoxy) is 1. The molecular weight excluding hydrogens is 573 g/mol. The third-order valence-electron chi connectivity index (χ3n) is 6.52. The second-order valence-electron chi connectivity index (χ2n) is 9.21. The van der Waals surface area contributed by atoms with Crippen molar-refractivity contribution in [2.45, 2.75) is 50.7 Å². The molecule has 0 heterocycles. The minimum atomic E-state index is -4.22. The highest BCUT2D eigenvalue weighted by Gasteiger charge is 2.34. The predicted molar refractivity (Wildman–Crippen MR) is 158 cm³/mol. The number of carbonyl (C=O) groups excluding carboxylic acids is 2. The van der Waals surface area contributed by atoms with Gasteiger partial charge >= 0.3 is 0 Å². The van der Waals surface area contributed by atoms with Gasteiger partial charge in [-0.15, -0.1) is 0 Å². The van der Waals surface area contributed by atoms with Crippen LogP contribution < -0.4 is 14.4 Å². The van der Waals surface area contributed by atoms with Crippen molar-refractivity contribution in [1.29, 1.82) is 0 Å². The smallest absolute Gasteiger partial charge is 0.264 e. The maximum atomic E-state index is 14.0. The van der Waals surface area contributed by atoms with Crippen molar-refractivity contribution in [2.24, 2.45) is 0 Å². The fraction of sp³-hybridized carbons (Fsp3) is 0.310. The Bertz CT molecular complexity index is 1420. The first-order chi connectivity index (χ1) is 19.0. The van der Waals surface area contributed by atoms with Crippen LogP contribution >= 0.6 is 23.2 Å². The van der Waals surface area contributed by atoms with Gasteiger partial charge in [0.15, 0.2) is 0 Å². The summed E-state index contributed by atoms with van der Waals surface area (Å²) in [4.78, 5) is 28.5. The van der Waals surface area contributed by atoms with Crippen LogP contribution in [-0.2, 0) is 26.2 Å². The topological polar surface area (TPSA) is 96.0 Å². The van der Waals surface area contributed by atoms with Gasteiger partial charge in [0.05, 0.1) is 17.7 Å². The molecule has 3 rings (SSSR count). The van der Waals surface area contributed by atoms with Gasteiger partial charge in [0.2, 0.25) is 11.8 Å². The molecular formula is C29H33Cl2N3O5S. The number of halogens is 2. The molecule has 1 N–H and O–H groups in total. The molecule has 2 atom stereocenters. The van der Waals surface area contributed by atoms with E-state index in [4.69, 9.17) is 27.9 Å². The Balaban J connectivity index is 2.09. The number of hydrogen-bond donors (Lipinski definition) is 1. The minimum Gasteiger partial charge on any atom is -0.495 e. The van der Waals surface area contributed by atoms with Gasteiger partial charge in [-0.25, -0.2) is 8.42 Å². The van der Waals surface area contributed by atoms with Crippen molar-refractivity contribution < 1.29 is 22.7 Å². The molecule has 3 aromatic rings. The lowest BCUT2D eigenvalue weighted by Gasteiger charge is -2.33. The van der Waals surface area contributed by atoms with Crippen molar-refractivity contribution in [1.82, 2.24) is 10.2 Å². The van der Waals surface area contributed by atoms with Gasteiger partial charge in [0.1, 0.15) is 18.3 Å². The van der Waals surface area contributed by atoms with E-state index in [2.05, 4.69) is 5.32 Å². The number of amides is 2. The number of hydrogen-bond acceptors (Lipinski definition) is 5. The number of carbonyl (C=O) groups is 2. The lowest BCUT2D eigenvalue weighted by atomic mass is 10.1. The molecule has 0 radical (unpaired) electrons. The maximum Gasteiger partial charge on any atom is 0.264 e. The highest BCUT2D eigenvalue weighted by Crippen LogP contribution is 2.33. The third-order valence-corrected chi connectivity index (χ3v) is 9.00. The lowest BCUT2D eigenvalue weighted by Crippen LogP contribution is -2.52. The first-order valence-electron chi connectivity index (χ1n) is 12.7. The molecule has 11 heteroatoms. The molecule has 0 spiro atoms. The van der Waals surface area contributed by atoms with Crippen molar-refractivity contribution >= 4 is 50.7 Å². The first-order valence-corrected chi connectivity index (χ1v) is 14.9. The summed E-state index contributed by atoms with van der Waals surface area (Å²) in [6.45, 7) is 4.65. The number of nitrogens with one attached hydrogen (secondary N) is 1. The zero-order valence-electron chi connectivity index (χ0n) is 22.8. The van der Waals surface area contributed by atoms with Crippen LogP contribution in [0.3, 0.4) is 0 Å². The molecule has 0 saturated carbocycles. The molecule has 2 amide bonds. The van der Waals surface area contributed by atoms with E-state index in [0.29, 0.717) is 22.0 Å². The molecule has 0 bridgehead atoms. The number of para-hydroxylation sites is 2. The van der Waals surface area contributed by atoms with Crippen LogP contribution in [0, 0.1) is 0 Å². The van der Waals surface area contributed by atoms with Crippen LogP contribution in [0.4, 0.5) is 5.69 Å². The molecule has 0 saturated heterocycles. The number of benzene rings is 3. The fourth-order valence-electron chi connectivity index (χ4n) is 3.97. The number of anilines is 1. The van der Waals surface area contributed by atoms with Gasteiger partial charge < -0.3 is 15.0 Å². The molecule has 3 aromatic carbocycles. The molecule has 8 nitrogen and oxygen atoms in total. The second-order valence-corrected chi connectivity index (χ2v) is 11.9. The van der Waals surface area contributed by atoms with Crippen molar-refractivity contribution in [2.75, 3.05) is 18.0 Å². The van der Waals surface area contributed by atoms with Gasteiger partial charge in [-0.05, 0) is 56.7 Å². The molecule has 0 fully saturated rings. The van der Waals surface area contributed by atoms with Crippen LogP contribution in [0.5, 0.6) is 5.75 Å². The van der Waals surface area contributed by atoms with Crippen molar-refractivity contribution in [3.8, 4) is 5.75 Å². The second kappa shape index (κ2) is 13.9. The summed E-state index contributed by atoms with van der Waals surface area (Å²) >= 11 is 12.8. The van der Waals surface area contributed by atoms with Crippen molar-refractivity contribution in [3.63, 3.8) is 0 Å². The Kier molecular flexibility index (Phi) is 10.8. The Labute approximate surface area is 245 Å².